The fourth-order valence-electron chi connectivity index (χ4n) is 2.28. The minimum atomic E-state index is 0.171. The van der Waals surface area contributed by atoms with Crippen molar-refractivity contribution in [1.82, 2.24) is 0 Å². The summed E-state index contributed by atoms with van der Waals surface area (Å²) in [7, 11) is 0. The third kappa shape index (κ3) is 1.76. The Labute approximate surface area is 96.0 Å². The molecule has 3 nitrogen and oxygen atoms in total. The number of nitrogens with two attached hydrogens (primary N) is 1. The van der Waals surface area contributed by atoms with Gasteiger partial charge < -0.3 is 15.8 Å². The van der Waals surface area contributed by atoms with Crippen LogP contribution in [0.2, 0.25) is 0 Å². The molecule has 1 fully saturated rings. The first kappa shape index (κ1) is 9.97. The van der Waals surface area contributed by atoms with Crippen molar-refractivity contribution in [2.45, 2.75) is 31.9 Å². The molecule has 3 heteroatoms. The van der Waals surface area contributed by atoms with E-state index in [1.807, 2.05) is 0 Å². The largest absolute Gasteiger partial charge is 0.488 e. The quantitative estimate of drug-likeness (QED) is 0.812. The third-order valence-corrected chi connectivity index (χ3v) is 3.53. The van der Waals surface area contributed by atoms with E-state index in [1.165, 1.54) is 17.7 Å². The molecule has 0 amide bonds. The molecule has 0 radical (unpaired) electrons. The SMILES string of the molecule is CC1CC1Nc1ccc2c(c1)CC(CN)O2. The van der Waals surface area contributed by atoms with E-state index >= 15 is 0 Å². The minimum Gasteiger partial charge on any atom is -0.488 e. The predicted molar refractivity (Wildman–Crippen MR) is 64.8 cm³/mol. The van der Waals surface area contributed by atoms with E-state index in [9.17, 15) is 0 Å². The standard InChI is InChI=1S/C13H18N2O/c1-8-4-12(8)15-10-2-3-13-9(5-10)6-11(7-14)16-13/h2-3,5,8,11-12,15H,4,6-7,14H2,1H3. The van der Waals surface area contributed by atoms with E-state index < -0.39 is 0 Å². The van der Waals surface area contributed by atoms with Crippen LogP contribution in [0.3, 0.4) is 0 Å². The number of ether oxygens (including phenoxy) is 1. The Morgan fingerprint density at radius 2 is 2.31 bits per heavy atom. The molecule has 0 spiro atoms. The number of hydrogen-bond acceptors (Lipinski definition) is 3. The Morgan fingerprint density at radius 1 is 1.50 bits per heavy atom. The van der Waals surface area contributed by atoms with Gasteiger partial charge in [0.25, 0.3) is 0 Å². The summed E-state index contributed by atoms with van der Waals surface area (Å²) >= 11 is 0. The lowest BCUT2D eigenvalue weighted by Crippen LogP contribution is -2.24. The van der Waals surface area contributed by atoms with Crippen molar-refractivity contribution < 1.29 is 4.74 Å². The van der Waals surface area contributed by atoms with Crippen LogP contribution in [0.5, 0.6) is 5.75 Å². The smallest absolute Gasteiger partial charge is 0.123 e. The number of rotatable bonds is 3. The van der Waals surface area contributed by atoms with Crippen LogP contribution in [0.15, 0.2) is 18.2 Å². The Morgan fingerprint density at radius 3 is 3.00 bits per heavy atom. The van der Waals surface area contributed by atoms with Gasteiger partial charge in [-0.05, 0) is 36.1 Å². The first-order valence-electron chi connectivity index (χ1n) is 6.02. The Balaban J connectivity index is 1.74. The molecule has 1 aromatic rings. The molecule has 1 aromatic carbocycles. The van der Waals surface area contributed by atoms with Gasteiger partial charge in [-0.15, -0.1) is 0 Å². The van der Waals surface area contributed by atoms with Crippen LogP contribution in [-0.2, 0) is 6.42 Å². The fraction of sp³-hybridized carbons (Fsp3) is 0.538. The van der Waals surface area contributed by atoms with E-state index in [2.05, 4.69) is 30.4 Å². The molecule has 3 atom stereocenters. The van der Waals surface area contributed by atoms with E-state index in [1.54, 1.807) is 0 Å². The highest BCUT2D eigenvalue weighted by Gasteiger charge is 2.32. The number of fused-ring (bicyclic) bond motifs is 1. The zero-order valence-corrected chi connectivity index (χ0v) is 9.57. The predicted octanol–water partition coefficient (Wildman–Crippen LogP) is 1.77. The van der Waals surface area contributed by atoms with Crippen LogP contribution in [0.4, 0.5) is 5.69 Å². The highest BCUT2D eigenvalue weighted by atomic mass is 16.5. The van der Waals surface area contributed by atoms with E-state index in [0.29, 0.717) is 12.6 Å². The summed E-state index contributed by atoms with van der Waals surface area (Å²) in [6.45, 7) is 2.87. The van der Waals surface area contributed by atoms with Crippen molar-refractivity contribution >= 4 is 5.69 Å². The molecule has 1 aliphatic heterocycles. The van der Waals surface area contributed by atoms with Crippen molar-refractivity contribution in [3.63, 3.8) is 0 Å². The lowest BCUT2D eigenvalue weighted by Gasteiger charge is -2.07. The average Bonchev–Trinajstić information content (AvgIpc) is 2.80. The second-order valence-electron chi connectivity index (χ2n) is 4.97. The molecule has 86 valence electrons. The molecule has 1 heterocycles. The number of benzene rings is 1. The van der Waals surface area contributed by atoms with Gasteiger partial charge in [0, 0.05) is 24.7 Å². The summed E-state index contributed by atoms with van der Waals surface area (Å²) in [5.41, 5.74) is 8.12. The van der Waals surface area contributed by atoms with Gasteiger partial charge in [-0.3, -0.25) is 0 Å². The average molecular weight is 218 g/mol. The molecular formula is C13H18N2O. The van der Waals surface area contributed by atoms with E-state index in [0.717, 1.165) is 18.1 Å². The zero-order chi connectivity index (χ0) is 11.1. The highest BCUT2D eigenvalue weighted by Crippen LogP contribution is 2.35. The Hall–Kier alpha value is -1.22. The van der Waals surface area contributed by atoms with Gasteiger partial charge >= 0.3 is 0 Å². The van der Waals surface area contributed by atoms with Crippen LogP contribution in [0.25, 0.3) is 0 Å². The molecule has 1 aliphatic carbocycles. The molecule has 2 aliphatic rings. The molecular weight excluding hydrogens is 200 g/mol. The summed E-state index contributed by atoms with van der Waals surface area (Å²) in [5, 5.41) is 3.54. The number of hydrogen-bond donors (Lipinski definition) is 2. The summed E-state index contributed by atoms with van der Waals surface area (Å²) in [4.78, 5) is 0. The monoisotopic (exact) mass is 218 g/mol. The maximum Gasteiger partial charge on any atom is 0.123 e. The van der Waals surface area contributed by atoms with Gasteiger partial charge in [-0.25, -0.2) is 0 Å². The van der Waals surface area contributed by atoms with Gasteiger partial charge in [-0.1, -0.05) is 6.92 Å². The summed E-state index contributed by atoms with van der Waals surface area (Å²) in [6.07, 6.45) is 2.41. The van der Waals surface area contributed by atoms with Crippen molar-refractivity contribution in [1.29, 1.82) is 0 Å². The van der Waals surface area contributed by atoms with Gasteiger partial charge in [0.05, 0.1) is 0 Å². The first-order valence-corrected chi connectivity index (χ1v) is 6.02. The second kappa shape index (κ2) is 3.67. The summed E-state index contributed by atoms with van der Waals surface area (Å²) in [5.74, 6) is 1.83. The van der Waals surface area contributed by atoms with Crippen LogP contribution in [0, 0.1) is 5.92 Å². The van der Waals surface area contributed by atoms with Crippen LogP contribution in [0.1, 0.15) is 18.9 Å². The zero-order valence-electron chi connectivity index (χ0n) is 9.57. The van der Waals surface area contributed by atoms with E-state index in [-0.39, 0.29) is 6.10 Å². The number of nitrogens with one attached hydrogen (secondary N) is 1. The summed E-state index contributed by atoms with van der Waals surface area (Å²) in [6, 6.07) is 7.03. The van der Waals surface area contributed by atoms with Crippen LogP contribution < -0.4 is 15.8 Å². The second-order valence-corrected chi connectivity index (χ2v) is 4.97. The molecule has 0 bridgehead atoms. The molecule has 0 aromatic heterocycles. The molecule has 3 unspecified atom stereocenters. The van der Waals surface area contributed by atoms with Crippen molar-refractivity contribution in [3.05, 3.63) is 23.8 Å². The van der Waals surface area contributed by atoms with Crippen LogP contribution in [-0.4, -0.2) is 18.7 Å². The minimum absolute atomic E-state index is 0.171. The van der Waals surface area contributed by atoms with Crippen molar-refractivity contribution in [3.8, 4) is 5.75 Å². The normalized spacial score (nSPS) is 30.8. The van der Waals surface area contributed by atoms with Gasteiger partial charge in [-0.2, -0.15) is 0 Å². The van der Waals surface area contributed by atoms with Crippen molar-refractivity contribution in [2.75, 3.05) is 11.9 Å². The Kier molecular flexibility index (Phi) is 2.28. The molecule has 16 heavy (non-hydrogen) atoms. The van der Waals surface area contributed by atoms with Gasteiger partial charge in [0.1, 0.15) is 11.9 Å². The van der Waals surface area contributed by atoms with Crippen molar-refractivity contribution in [2.24, 2.45) is 11.7 Å². The van der Waals surface area contributed by atoms with E-state index in [4.69, 9.17) is 10.5 Å². The lowest BCUT2D eigenvalue weighted by molar-refractivity contribution is 0.241. The fourth-order valence-corrected chi connectivity index (χ4v) is 2.28. The lowest BCUT2D eigenvalue weighted by atomic mass is 10.1. The third-order valence-electron chi connectivity index (χ3n) is 3.53. The maximum absolute atomic E-state index is 5.70. The molecule has 1 saturated carbocycles. The molecule has 3 N–H and O–H groups in total. The highest BCUT2D eigenvalue weighted by molar-refractivity contribution is 5.54. The Bertz CT molecular complexity index is 405. The van der Waals surface area contributed by atoms with Crippen LogP contribution >= 0.6 is 0 Å². The van der Waals surface area contributed by atoms with Gasteiger partial charge in [0.15, 0.2) is 0 Å². The molecule has 3 rings (SSSR count). The number of anilines is 1. The first-order chi connectivity index (χ1) is 7.76. The van der Waals surface area contributed by atoms with Gasteiger partial charge in [0.2, 0.25) is 0 Å². The topological polar surface area (TPSA) is 47.3 Å². The maximum atomic E-state index is 5.70. The summed E-state index contributed by atoms with van der Waals surface area (Å²) < 4.78 is 5.70. The molecule has 0 saturated heterocycles.